The molecule has 4 aromatic carbocycles. The van der Waals surface area contributed by atoms with E-state index in [1.807, 2.05) is 60.7 Å². The monoisotopic (exact) mass is 380 g/mol. The Balaban J connectivity index is 2.18. The topological polar surface area (TPSA) is 34.1 Å². The second-order valence-electron chi connectivity index (χ2n) is 6.32. The lowest BCUT2D eigenvalue weighted by Crippen LogP contribution is -1.98. The van der Waals surface area contributed by atoms with Gasteiger partial charge in [0.1, 0.15) is 0 Å². The van der Waals surface area contributed by atoms with Crippen molar-refractivity contribution >= 4 is 66.0 Å². The minimum Gasteiger partial charge on any atom is -0.281 e. The molecule has 0 aliphatic carbocycles. The van der Waals surface area contributed by atoms with Crippen LogP contribution in [0.3, 0.4) is 0 Å². The van der Waals surface area contributed by atoms with Crippen LogP contribution in [0.25, 0.3) is 32.3 Å². The first-order valence-corrected chi connectivity index (χ1v) is 9.02. The molecule has 0 aromatic heterocycles. The third-order valence-electron chi connectivity index (χ3n) is 4.71. The summed E-state index contributed by atoms with van der Waals surface area (Å²) < 4.78 is 0. The minimum absolute atomic E-state index is 0.175. The molecule has 0 aliphatic rings. The van der Waals surface area contributed by atoms with E-state index in [0.29, 0.717) is 0 Å². The molecule has 0 aliphatic heterocycles. The Hall–Kier alpha value is -2.42. The zero-order valence-corrected chi connectivity index (χ0v) is 15.3. The molecule has 4 rings (SSSR count). The maximum atomic E-state index is 11.5. The van der Waals surface area contributed by atoms with Crippen molar-refractivity contribution in [3.05, 3.63) is 71.8 Å². The molecule has 0 saturated carbocycles. The van der Waals surface area contributed by atoms with Crippen LogP contribution in [0, 0.1) is 0 Å². The lowest BCUT2D eigenvalue weighted by Gasteiger charge is -2.14. The highest BCUT2D eigenvalue weighted by Crippen LogP contribution is 2.36. The molecular weight excluding hydrogens is 367 g/mol. The lowest BCUT2D eigenvalue weighted by molar-refractivity contribution is -0.111. The Labute approximate surface area is 160 Å². The first-order chi connectivity index (χ1) is 12.5. The molecule has 0 radical (unpaired) electrons. The van der Waals surface area contributed by atoms with Crippen LogP contribution >= 0.6 is 23.2 Å². The van der Waals surface area contributed by atoms with Crippen LogP contribution in [0.2, 0.25) is 0 Å². The highest BCUT2D eigenvalue weighted by molar-refractivity contribution is 6.64. The number of hydrogen-bond donors (Lipinski definition) is 0. The summed E-state index contributed by atoms with van der Waals surface area (Å²) in [5.74, 6) is 0. The molecule has 0 bridgehead atoms. The molecule has 128 valence electrons. The fourth-order valence-electron chi connectivity index (χ4n) is 3.69. The van der Waals surface area contributed by atoms with Crippen LogP contribution in [0.4, 0.5) is 0 Å². The maximum absolute atomic E-state index is 11.5. The third kappa shape index (κ3) is 2.96. The number of rotatable bonds is 4. The second kappa shape index (κ2) is 6.71. The normalized spacial score (nSPS) is 11.3. The quantitative estimate of drug-likeness (QED) is 0.333. The van der Waals surface area contributed by atoms with Gasteiger partial charge in [0, 0.05) is 12.8 Å². The summed E-state index contributed by atoms with van der Waals surface area (Å²) in [6.45, 7) is 0. The summed E-state index contributed by atoms with van der Waals surface area (Å²) in [6, 6.07) is 19.9. The highest BCUT2D eigenvalue weighted by atomic mass is 35.5. The Morgan fingerprint density at radius 2 is 0.923 bits per heavy atom. The zero-order valence-electron chi connectivity index (χ0n) is 13.8. The molecule has 0 atom stereocenters. The zero-order chi connectivity index (χ0) is 18.3. The van der Waals surface area contributed by atoms with Crippen molar-refractivity contribution in [2.75, 3.05) is 0 Å². The first kappa shape index (κ1) is 17.0. The number of fused-ring (bicyclic) bond motifs is 5. The van der Waals surface area contributed by atoms with Gasteiger partial charge in [0.25, 0.3) is 0 Å². The molecule has 0 unspecified atom stereocenters. The van der Waals surface area contributed by atoms with E-state index < -0.39 is 0 Å². The highest BCUT2D eigenvalue weighted by Gasteiger charge is 2.14. The van der Waals surface area contributed by atoms with Gasteiger partial charge in [-0.2, -0.15) is 0 Å². The van der Waals surface area contributed by atoms with Gasteiger partial charge in [0.2, 0.25) is 10.5 Å². The molecule has 0 spiro atoms. The molecule has 26 heavy (non-hydrogen) atoms. The van der Waals surface area contributed by atoms with Gasteiger partial charge in [0.05, 0.1) is 0 Å². The molecule has 0 N–H and O–H groups in total. The smallest absolute Gasteiger partial charge is 0.226 e. The van der Waals surface area contributed by atoms with Crippen LogP contribution in [0.15, 0.2) is 60.7 Å². The predicted molar refractivity (Wildman–Crippen MR) is 108 cm³/mol. The van der Waals surface area contributed by atoms with Crippen molar-refractivity contribution in [1.29, 1.82) is 0 Å². The summed E-state index contributed by atoms with van der Waals surface area (Å²) in [6.07, 6.45) is 0.350. The van der Waals surface area contributed by atoms with Crippen molar-refractivity contribution in [3.63, 3.8) is 0 Å². The van der Waals surface area contributed by atoms with E-state index in [9.17, 15) is 9.59 Å². The van der Waals surface area contributed by atoms with Crippen LogP contribution in [0.1, 0.15) is 11.1 Å². The molecule has 2 nitrogen and oxygen atoms in total. The van der Waals surface area contributed by atoms with Gasteiger partial charge in [-0.05, 0) is 78.8 Å². The van der Waals surface area contributed by atoms with Crippen molar-refractivity contribution in [3.8, 4) is 0 Å². The van der Waals surface area contributed by atoms with E-state index in [1.165, 1.54) is 0 Å². The molecule has 0 saturated heterocycles. The van der Waals surface area contributed by atoms with Gasteiger partial charge < -0.3 is 0 Å². The Morgan fingerprint density at radius 1 is 0.577 bits per heavy atom. The van der Waals surface area contributed by atoms with Crippen LogP contribution in [-0.4, -0.2) is 10.5 Å². The van der Waals surface area contributed by atoms with Crippen molar-refractivity contribution in [2.24, 2.45) is 0 Å². The maximum Gasteiger partial charge on any atom is 0.226 e. The Morgan fingerprint density at radius 3 is 1.27 bits per heavy atom. The average molecular weight is 381 g/mol. The Bertz CT molecular complexity index is 1100. The molecular formula is C22H14Cl2O2. The standard InChI is InChI=1S/C22H14Cl2O2/c23-21(25)11-13-9-20-18-8-4-2-6-16(18)14(12-22(24)26)10-19(20)17-7-3-1-5-15(13)17/h1-10H,11-12H2. The molecule has 0 heterocycles. The van der Waals surface area contributed by atoms with Gasteiger partial charge in [-0.25, -0.2) is 0 Å². The SMILES string of the molecule is O=C(Cl)Cc1cc2c3ccccc3c(CC(=O)Cl)cc2c2ccccc12. The molecule has 4 aromatic rings. The number of halogens is 2. The van der Waals surface area contributed by atoms with Crippen LogP contribution in [-0.2, 0) is 22.4 Å². The van der Waals surface area contributed by atoms with Gasteiger partial charge >= 0.3 is 0 Å². The van der Waals surface area contributed by atoms with E-state index in [4.69, 9.17) is 23.2 Å². The van der Waals surface area contributed by atoms with E-state index >= 15 is 0 Å². The summed E-state index contributed by atoms with van der Waals surface area (Å²) in [4.78, 5) is 23.1. The van der Waals surface area contributed by atoms with E-state index in [1.54, 1.807) is 0 Å². The number of carbonyl (C=O) groups excluding carboxylic acids is 2. The fraction of sp³-hybridized carbons (Fsp3) is 0.0909. The second-order valence-corrected chi connectivity index (χ2v) is 7.16. The average Bonchev–Trinajstić information content (AvgIpc) is 2.62. The lowest BCUT2D eigenvalue weighted by atomic mass is 9.90. The Kier molecular flexibility index (Phi) is 4.39. The van der Waals surface area contributed by atoms with E-state index in [-0.39, 0.29) is 23.3 Å². The van der Waals surface area contributed by atoms with Crippen molar-refractivity contribution < 1.29 is 9.59 Å². The minimum atomic E-state index is -0.386. The molecule has 0 amide bonds. The molecule has 4 heteroatoms. The van der Waals surface area contributed by atoms with Crippen molar-refractivity contribution in [2.45, 2.75) is 12.8 Å². The largest absolute Gasteiger partial charge is 0.281 e. The van der Waals surface area contributed by atoms with Crippen LogP contribution in [0.5, 0.6) is 0 Å². The van der Waals surface area contributed by atoms with Gasteiger partial charge in [-0.1, -0.05) is 48.5 Å². The first-order valence-electron chi connectivity index (χ1n) is 8.26. The van der Waals surface area contributed by atoms with E-state index in [2.05, 4.69) is 0 Å². The number of carbonyl (C=O) groups is 2. The summed E-state index contributed by atoms with van der Waals surface area (Å²) in [5.41, 5.74) is 1.80. The summed E-state index contributed by atoms with van der Waals surface area (Å²) in [5, 5.41) is 5.36. The summed E-state index contributed by atoms with van der Waals surface area (Å²) >= 11 is 11.3. The van der Waals surface area contributed by atoms with Gasteiger partial charge in [-0.15, -0.1) is 0 Å². The number of benzene rings is 4. The fourth-order valence-corrected chi connectivity index (χ4v) is 3.98. The third-order valence-corrected chi connectivity index (χ3v) is 4.98. The van der Waals surface area contributed by atoms with E-state index in [0.717, 1.165) is 43.4 Å². The predicted octanol–water partition coefficient (Wildman–Crippen LogP) is 5.76. The van der Waals surface area contributed by atoms with Gasteiger partial charge in [0.15, 0.2) is 0 Å². The van der Waals surface area contributed by atoms with Gasteiger partial charge in [-0.3, -0.25) is 9.59 Å². The summed E-state index contributed by atoms with van der Waals surface area (Å²) in [7, 11) is 0. The number of hydrogen-bond acceptors (Lipinski definition) is 2. The molecule has 0 fully saturated rings. The van der Waals surface area contributed by atoms with Crippen LogP contribution < -0.4 is 0 Å². The van der Waals surface area contributed by atoms with Crippen molar-refractivity contribution in [1.82, 2.24) is 0 Å².